The highest BCUT2D eigenvalue weighted by atomic mass is 32.2. The molecular formula is C18H19F3N2O4S2. The summed E-state index contributed by atoms with van der Waals surface area (Å²) in [5, 5.41) is 2.38. The van der Waals surface area contributed by atoms with Gasteiger partial charge in [0, 0.05) is 18.0 Å². The van der Waals surface area contributed by atoms with E-state index in [0.29, 0.717) is 18.0 Å². The summed E-state index contributed by atoms with van der Waals surface area (Å²) in [6.45, 7) is 0.956. The van der Waals surface area contributed by atoms with Crippen LogP contribution in [0.5, 0.6) is 5.75 Å². The molecule has 0 spiro atoms. The molecule has 1 fully saturated rings. The first-order valence-electron chi connectivity index (χ1n) is 8.89. The van der Waals surface area contributed by atoms with E-state index in [9.17, 15) is 26.4 Å². The molecule has 1 aliphatic heterocycles. The molecule has 1 N–H and O–H groups in total. The van der Waals surface area contributed by atoms with Gasteiger partial charge in [-0.1, -0.05) is 18.6 Å². The third kappa shape index (κ3) is 5.71. The van der Waals surface area contributed by atoms with Crippen LogP contribution in [0.2, 0.25) is 0 Å². The lowest BCUT2D eigenvalue weighted by Crippen LogP contribution is -2.35. The third-order valence-electron chi connectivity index (χ3n) is 4.27. The number of para-hydroxylation sites is 2. The van der Waals surface area contributed by atoms with E-state index in [1.807, 2.05) is 0 Å². The van der Waals surface area contributed by atoms with E-state index in [2.05, 4.69) is 10.1 Å². The number of piperidine rings is 1. The quantitative estimate of drug-likeness (QED) is 0.725. The van der Waals surface area contributed by atoms with E-state index in [1.165, 1.54) is 28.6 Å². The molecule has 3 rings (SSSR count). The van der Waals surface area contributed by atoms with Crippen molar-refractivity contribution in [2.24, 2.45) is 0 Å². The number of hydrogen-bond donors (Lipinski definition) is 1. The van der Waals surface area contributed by atoms with Gasteiger partial charge in [-0.2, -0.15) is 4.31 Å². The number of rotatable bonds is 6. The predicted molar refractivity (Wildman–Crippen MR) is 102 cm³/mol. The predicted octanol–water partition coefficient (Wildman–Crippen LogP) is 4.00. The van der Waals surface area contributed by atoms with Crippen molar-refractivity contribution in [1.29, 1.82) is 0 Å². The molecule has 6 nitrogen and oxygen atoms in total. The smallest absolute Gasteiger partial charge is 0.404 e. The zero-order chi connectivity index (χ0) is 21.1. The van der Waals surface area contributed by atoms with Crippen LogP contribution in [0.15, 0.2) is 40.6 Å². The molecule has 29 heavy (non-hydrogen) atoms. The summed E-state index contributed by atoms with van der Waals surface area (Å²) in [4.78, 5) is 12.8. The van der Waals surface area contributed by atoms with Crippen molar-refractivity contribution in [3.8, 4) is 5.75 Å². The topological polar surface area (TPSA) is 75.7 Å². The van der Waals surface area contributed by atoms with Crippen LogP contribution in [0.1, 0.15) is 24.1 Å². The molecule has 0 aliphatic carbocycles. The Labute approximate surface area is 170 Å². The van der Waals surface area contributed by atoms with Crippen LogP contribution in [0, 0.1) is 0 Å². The number of carbonyl (C=O) groups excluding carboxylic acids is 1. The Balaban J connectivity index is 1.67. The van der Waals surface area contributed by atoms with Crippen molar-refractivity contribution in [2.75, 3.05) is 18.4 Å². The number of hydrogen-bond acceptors (Lipinski definition) is 5. The highest BCUT2D eigenvalue weighted by Gasteiger charge is 2.32. The fourth-order valence-corrected chi connectivity index (χ4v) is 5.99. The van der Waals surface area contributed by atoms with Gasteiger partial charge in [-0.15, -0.1) is 24.5 Å². The van der Waals surface area contributed by atoms with Gasteiger partial charge in [0.15, 0.2) is 5.75 Å². The Morgan fingerprint density at radius 2 is 1.79 bits per heavy atom. The minimum Gasteiger partial charge on any atom is -0.404 e. The van der Waals surface area contributed by atoms with E-state index in [4.69, 9.17) is 0 Å². The zero-order valence-corrected chi connectivity index (χ0v) is 16.9. The molecule has 0 radical (unpaired) electrons. The van der Waals surface area contributed by atoms with E-state index in [-0.39, 0.29) is 16.3 Å². The number of benzene rings is 1. The second kappa shape index (κ2) is 8.72. The minimum absolute atomic E-state index is 0.118. The number of thiophene rings is 1. The monoisotopic (exact) mass is 448 g/mol. The van der Waals surface area contributed by atoms with E-state index < -0.39 is 28.0 Å². The lowest BCUT2D eigenvalue weighted by Gasteiger charge is -2.25. The number of alkyl halides is 3. The van der Waals surface area contributed by atoms with Crippen molar-refractivity contribution in [2.45, 2.75) is 36.3 Å². The average Bonchev–Trinajstić information content (AvgIpc) is 3.12. The molecule has 1 amide bonds. The molecule has 2 aromatic rings. The van der Waals surface area contributed by atoms with Crippen molar-refractivity contribution < 1.29 is 31.1 Å². The van der Waals surface area contributed by atoms with Gasteiger partial charge in [-0.05, 0) is 37.1 Å². The van der Waals surface area contributed by atoms with Crippen molar-refractivity contribution in [1.82, 2.24) is 4.31 Å². The Morgan fingerprint density at radius 3 is 2.48 bits per heavy atom. The largest absolute Gasteiger partial charge is 0.573 e. The molecule has 1 aromatic carbocycles. The minimum atomic E-state index is -4.88. The van der Waals surface area contributed by atoms with Crippen LogP contribution in [0.4, 0.5) is 18.9 Å². The fraction of sp³-hybridized carbons (Fsp3) is 0.389. The van der Waals surface area contributed by atoms with Crippen molar-refractivity contribution in [3.05, 3.63) is 41.3 Å². The Hall–Kier alpha value is -2.11. The molecule has 0 saturated carbocycles. The Bertz CT molecular complexity index is 967. The van der Waals surface area contributed by atoms with E-state index in [1.54, 1.807) is 6.07 Å². The number of carbonyl (C=O) groups is 1. The average molecular weight is 448 g/mol. The lowest BCUT2D eigenvalue weighted by molar-refractivity contribution is -0.274. The van der Waals surface area contributed by atoms with Gasteiger partial charge in [-0.25, -0.2) is 8.42 Å². The second-order valence-electron chi connectivity index (χ2n) is 6.45. The summed E-state index contributed by atoms with van der Waals surface area (Å²) >= 11 is 0.985. The highest BCUT2D eigenvalue weighted by molar-refractivity contribution is 7.91. The normalized spacial score (nSPS) is 15.8. The SMILES string of the molecule is O=C(Cc1ccc(S(=O)(=O)N2CCCCC2)s1)Nc1ccccc1OC(F)(F)F. The first-order chi connectivity index (χ1) is 13.6. The molecule has 0 atom stereocenters. The molecule has 11 heteroatoms. The molecule has 1 aliphatic rings. The van der Waals surface area contributed by atoms with Gasteiger partial charge < -0.3 is 10.1 Å². The molecule has 2 heterocycles. The number of amides is 1. The van der Waals surface area contributed by atoms with Crippen LogP contribution in [0.25, 0.3) is 0 Å². The van der Waals surface area contributed by atoms with E-state index in [0.717, 1.165) is 36.7 Å². The van der Waals surface area contributed by atoms with Gasteiger partial charge in [0.25, 0.3) is 10.0 Å². The maximum atomic E-state index is 12.7. The zero-order valence-electron chi connectivity index (χ0n) is 15.2. The van der Waals surface area contributed by atoms with Crippen LogP contribution in [-0.4, -0.2) is 38.1 Å². The van der Waals surface area contributed by atoms with Gasteiger partial charge in [0.05, 0.1) is 12.1 Å². The lowest BCUT2D eigenvalue weighted by atomic mass is 10.2. The van der Waals surface area contributed by atoms with Crippen LogP contribution in [0.3, 0.4) is 0 Å². The second-order valence-corrected chi connectivity index (χ2v) is 9.79. The maximum Gasteiger partial charge on any atom is 0.573 e. The van der Waals surface area contributed by atoms with Crippen LogP contribution < -0.4 is 10.1 Å². The maximum absolute atomic E-state index is 12.7. The number of sulfonamides is 1. The molecule has 0 unspecified atom stereocenters. The van der Waals surface area contributed by atoms with Gasteiger partial charge in [0.1, 0.15) is 4.21 Å². The Morgan fingerprint density at radius 1 is 1.10 bits per heavy atom. The number of ether oxygens (including phenoxy) is 1. The fourth-order valence-electron chi connectivity index (χ4n) is 2.96. The Kier molecular flexibility index (Phi) is 6.49. The molecule has 158 valence electrons. The summed E-state index contributed by atoms with van der Waals surface area (Å²) in [7, 11) is -3.59. The molecule has 1 aromatic heterocycles. The molecular weight excluding hydrogens is 429 g/mol. The number of halogens is 3. The standard InChI is InChI=1S/C18H19F3N2O4S2/c19-18(20,21)27-15-7-3-2-6-14(15)22-16(24)12-13-8-9-17(28-13)29(25,26)23-10-4-1-5-11-23/h2-3,6-9H,1,4-5,10-12H2,(H,22,24). The summed E-state index contributed by atoms with van der Waals surface area (Å²) in [6.07, 6.45) is -2.41. The van der Waals surface area contributed by atoms with Gasteiger partial charge in [0.2, 0.25) is 5.91 Å². The first-order valence-corrected chi connectivity index (χ1v) is 11.1. The number of nitrogens with zero attached hydrogens (tertiary/aromatic N) is 1. The summed E-state index contributed by atoms with van der Waals surface area (Å²) in [5.41, 5.74) is -0.118. The summed E-state index contributed by atoms with van der Waals surface area (Å²) in [6, 6.07) is 8.20. The van der Waals surface area contributed by atoms with Crippen molar-refractivity contribution >= 4 is 33.0 Å². The van der Waals surface area contributed by atoms with Crippen molar-refractivity contribution in [3.63, 3.8) is 0 Å². The van der Waals surface area contributed by atoms with Gasteiger partial charge >= 0.3 is 6.36 Å². The molecule has 1 saturated heterocycles. The van der Waals surface area contributed by atoms with Crippen LogP contribution in [-0.2, 0) is 21.2 Å². The van der Waals surface area contributed by atoms with E-state index >= 15 is 0 Å². The highest BCUT2D eigenvalue weighted by Crippen LogP contribution is 2.31. The van der Waals surface area contributed by atoms with Gasteiger partial charge in [-0.3, -0.25) is 4.79 Å². The number of nitrogens with one attached hydrogen (secondary N) is 1. The third-order valence-corrected chi connectivity index (χ3v) is 7.72. The molecule has 0 bridgehead atoms. The van der Waals surface area contributed by atoms with Crippen LogP contribution >= 0.6 is 11.3 Å². The first kappa shape index (κ1) is 21.6. The summed E-state index contributed by atoms with van der Waals surface area (Å²) < 4.78 is 68.3. The number of anilines is 1. The summed E-state index contributed by atoms with van der Waals surface area (Å²) in [5.74, 6) is -1.10.